The van der Waals surface area contributed by atoms with Crippen molar-refractivity contribution in [2.45, 2.75) is 18.7 Å². The molecule has 2 N–H and O–H groups in total. The molecule has 0 bridgehead atoms. The lowest BCUT2D eigenvalue weighted by atomic mass is 10.1. The Hall–Kier alpha value is -3.90. The summed E-state index contributed by atoms with van der Waals surface area (Å²) in [4.78, 5) is 28.0. The average molecular weight is 468 g/mol. The number of nitrogens with zero attached hydrogens (tertiary/aromatic N) is 5. The van der Waals surface area contributed by atoms with Gasteiger partial charge in [0.2, 0.25) is 15.6 Å². The Morgan fingerprint density at radius 2 is 1.91 bits per heavy atom. The Bertz CT molecular complexity index is 1480. The zero-order valence-corrected chi connectivity index (χ0v) is 18.7. The van der Waals surface area contributed by atoms with Gasteiger partial charge in [-0.25, -0.2) is 13.1 Å². The normalized spacial score (nSPS) is 11.7. The molecule has 0 aliphatic heterocycles. The predicted octanol–water partition coefficient (Wildman–Crippen LogP) is 1.79. The van der Waals surface area contributed by atoms with E-state index in [0.717, 1.165) is 6.07 Å². The van der Waals surface area contributed by atoms with Gasteiger partial charge in [0.15, 0.2) is 0 Å². The SMILES string of the molecule is CCN(CC)S(=O)(=O)c1ccc2[nH]c(=O)cc(C(=O)Nc3cccc(-n4cnnn4)c3)c2c1. The number of anilines is 1. The largest absolute Gasteiger partial charge is 0.322 e. The molecular formula is C21H21N7O4S. The average Bonchev–Trinajstić information content (AvgIpc) is 3.34. The summed E-state index contributed by atoms with van der Waals surface area (Å²) in [6, 6.07) is 12.3. The number of amides is 1. The number of benzene rings is 2. The molecule has 4 aromatic rings. The van der Waals surface area contributed by atoms with Crippen molar-refractivity contribution in [3.8, 4) is 5.69 Å². The molecule has 0 radical (unpaired) electrons. The number of fused-ring (bicyclic) bond motifs is 1. The first kappa shape index (κ1) is 22.3. The Balaban J connectivity index is 1.75. The summed E-state index contributed by atoms with van der Waals surface area (Å²) in [7, 11) is -3.75. The van der Waals surface area contributed by atoms with E-state index in [4.69, 9.17) is 0 Å². The summed E-state index contributed by atoms with van der Waals surface area (Å²) in [5.74, 6) is -0.558. The molecule has 0 atom stereocenters. The van der Waals surface area contributed by atoms with Crippen LogP contribution in [0.2, 0.25) is 0 Å². The van der Waals surface area contributed by atoms with E-state index in [0.29, 0.717) is 35.4 Å². The third-order valence-electron chi connectivity index (χ3n) is 5.12. The van der Waals surface area contributed by atoms with E-state index in [1.165, 1.54) is 33.5 Å². The molecule has 2 aromatic heterocycles. The van der Waals surface area contributed by atoms with Gasteiger partial charge in [0.05, 0.1) is 16.1 Å². The van der Waals surface area contributed by atoms with Gasteiger partial charge < -0.3 is 10.3 Å². The Labute approximate surface area is 189 Å². The third-order valence-corrected chi connectivity index (χ3v) is 7.17. The topological polar surface area (TPSA) is 143 Å². The molecule has 170 valence electrons. The van der Waals surface area contributed by atoms with Crippen LogP contribution in [0.25, 0.3) is 16.6 Å². The van der Waals surface area contributed by atoms with Gasteiger partial charge in [-0.15, -0.1) is 5.10 Å². The minimum Gasteiger partial charge on any atom is -0.322 e. The molecular weight excluding hydrogens is 446 g/mol. The predicted molar refractivity (Wildman–Crippen MR) is 122 cm³/mol. The lowest BCUT2D eigenvalue weighted by Crippen LogP contribution is -2.30. The van der Waals surface area contributed by atoms with Gasteiger partial charge in [-0.3, -0.25) is 9.59 Å². The van der Waals surface area contributed by atoms with E-state index in [-0.39, 0.29) is 10.5 Å². The van der Waals surface area contributed by atoms with Crippen LogP contribution in [-0.2, 0) is 10.0 Å². The fourth-order valence-corrected chi connectivity index (χ4v) is 4.98. The Morgan fingerprint density at radius 3 is 2.61 bits per heavy atom. The standard InChI is InChI=1S/C21H21N7O4S/c1-3-27(4-2)33(31,32)16-8-9-19-17(11-16)18(12-20(29)24-19)21(30)23-14-6-5-7-15(10-14)28-13-22-25-26-28/h5-13H,3-4H2,1-2H3,(H,23,30)(H,24,29). The van der Waals surface area contributed by atoms with Crippen LogP contribution >= 0.6 is 0 Å². The summed E-state index contributed by atoms with van der Waals surface area (Å²) in [5, 5.41) is 14.1. The molecule has 1 amide bonds. The molecule has 0 saturated carbocycles. The lowest BCUT2D eigenvalue weighted by Gasteiger charge is -2.19. The second-order valence-electron chi connectivity index (χ2n) is 7.10. The number of rotatable bonds is 7. The van der Waals surface area contributed by atoms with Gasteiger partial charge >= 0.3 is 0 Å². The van der Waals surface area contributed by atoms with E-state index in [9.17, 15) is 18.0 Å². The Kier molecular flexibility index (Phi) is 6.03. The molecule has 0 fully saturated rings. The molecule has 4 rings (SSSR count). The number of aromatic amines is 1. The minimum atomic E-state index is -3.75. The number of hydrogen-bond acceptors (Lipinski definition) is 7. The third kappa shape index (κ3) is 4.38. The van der Waals surface area contributed by atoms with Crippen molar-refractivity contribution in [2.75, 3.05) is 18.4 Å². The van der Waals surface area contributed by atoms with E-state index in [1.807, 2.05) is 0 Å². The maximum Gasteiger partial charge on any atom is 0.256 e. The van der Waals surface area contributed by atoms with Crippen molar-refractivity contribution in [3.63, 3.8) is 0 Å². The van der Waals surface area contributed by atoms with E-state index in [1.54, 1.807) is 38.1 Å². The van der Waals surface area contributed by atoms with Crippen LogP contribution in [0, 0.1) is 0 Å². The van der Waals surface area contributed by atoms with Crippen LogP contribution in [0.1, 0.15) is 24.2 Å². The van der Waals surface area contributed by atoms with E-state index in [2.05, 4.69) is 25.8 Å². The molecule has 33 heavy (non-hydrogen) atoms. The Morgan fingerprint density at radius 1 is 1.12 bits per heavy atom. The molecule has 0 saturated heterocycles. The minimum absolute atomic E-state index is 0.0421. The molecule has 0 aliphatic rings. The van der Waals surface area contributed by atoms with Crippen LogP contribution in [0.4, 0.5) is 5.69 Å². The van der Waals surface area contributed by atoms with Crippen LogP contribution in [0.3, 0.4) is 0 Å². The molecule has 12 heteroatoms. The summed E-state index contributed by atoms with van der Waals surface area (Å²) in [6.07, 6.45) is 1.42. The van der Waals surface area contributed by atoms with E-state index < -0.39 is 21.5 Å². The van der Waals surface area contributed by atoms with Crippen LogP contribution < -0.4 is 10.9 Å². The van der Waals surface area contributed by atoms with Crippen molar-refractivity contribution in [3.05, 3.63) is 70.8 Å². The number of aromatic nitrogens is 5. The summed E-state index contributed by atoms with van der Waals surface area (Å²) >= 11 is 0. The fraction of sp³-hybridized carbons (Fsp3) is 0.190. The highest BCUT2D eigenvalue weighted by Gasteiger charge is 2.23. The van der Waals surface area contributed by atoms with E-state index >= 15 is 0 Å². The first-order valence-corrected chi connectivity index (χ1v) is 11.6. The molecule has 0 aliphatic carbocycles. The smallest absolute Gasteiger partial charge is 0.256 e. The zero-order chi connectivity index (χ0) is 23.6. The van der Waals surface area contributed by atoms with Crippen molar-refractivity contribution >= 4 is 32.5 Å². The highest BCUT2D eigenvalue weighted by Crippen LogP contribution is 2.24. The molecule has 0 spiro atoms. The quantitative estimate of drug-likeness (QED) is 0.422. The monoisotopic (exact) mass is 467 g/mol. The van der Waals surface area contributed by atoms with Gasteiger partial charge in [-0.2, -0.15) is 4.31 Å². The number of H-pyrrole nitrogens is 1. The molecule has 2 aromatic carbocycles. The molecule has 2 heterocycles. The summed E-state index contributed by atoms with van der Waals surface area (Å²) < 4.78 is 28.7. The van der Waals surface area contributed by atoms with Crippen LogP contribution in [0.5, 0.6) is 0 Å². The summed E-state index contributed by atoms with van der Waals surface area (Å²) in [5.41, 5.74) is 1.01. The van der Waals surface area contributed by atoms with Crippen LogP contribution in [-0.4, -0.2) is 56.9 Å². The zero-order valence-electron chi connectivity index (χ0n) is 17.9. The van der Waals surface area contributed by atoms with Crippen molar-refractivity contribution in [1.29, 1.82) is 0 Å². The number of sulfonamides is 1. The number of carbonyl (C=O) groups excluding carboxylic acids is 1. The first-order valence-electron chi connectivity index (χ1n) is 10.2. The van der Waals surface area contributed by atoms with Crippen molar-refractivity contribution in [1.82, 2.24) is 29.5 Å². The lowest BCUT2D eigenvalue weighted by molar-refractivity contribution is 0.102. The highest BCUT2D eigenvalue weighted by atomic mass is 32.2. The maximum absolute atomic E-state index is 13.1. The second-order valence-corrected chi connectivity index (χ2v) is 9.04. The maximum atomic E-state index is 13.1. The number of carbonyl (C=O) groups is 1. The van der Waals surface area contributed by atoms with Crippen molar-refractivity contribution in [2.24, 2.45) is 0 Å². The summed E-state index contributed by atoms with van der Waals surface area (Å²) in [6.45, 7) is 4.13. The van der Waals surface area contributed by atoms with Gasteiger partial charge in [0.1, 0.15) is 6.33 Å². The first-order chi connectivity index (χ1) is 15.8. The van der Waals surface area contributed by atoms with Gasteiger partial charge in [-0.05, 0) is 46.8 Å². The number of pyridine rings is 1. The highest BCUT2D eigenvalue weighted by molar-refractivity contribution is 7.89. The van der Waals surface area contributed by atoms with Gasteiger partial charge in [-0.1, -0.05) is 19.9 Å². The molecule has 0 unspecified atom stereocenters. The van der Waals surface area contributed by atoms with Crippen LogP contribution in [0.15, 0.2) is 64.5 Å². The van der Waals surface area contributed by atoms with Gasteiger partial charge in [0.25, 0.3) is 5.91 Å². The van der Waals surface area contributed by atoms with Crippen molar-refractivity contribution < 1.29 is 13.2 Å². The molecule has 11 nitrogen and oxygen atoms in total. The number of hydrogen-bond donors (Lipinski definition) is 2. The fourth-order valence-electron chi connectivity index (χ4n) is 3.50. The second kappa shape index (κ2) is 8.92. The van der Waals surface area contributed by atoms with Gasteiger partial charge in [0, 0.05) is 35.7 Å². The number of tetrazole rings is 1. The number of nitrogens with one attached hydrogen (secondary N) is 2.